The van der Waals surface area contributed by atoms with Crippen LogP contribution in [0.5, 0.6) is 0 Å². The molecule has 3 aromatic heterocycles. The highest BCUT2D eigenvalue weighted by molar-refractivity contribution is 7.16. The summed E-state index contributed by atoms with van der Waals surface area (Å²) in [5.41, 5.74) is 8.78. The van der Waals surface area contributed by atoms with Gasteiger partial charge in [0.2, 0.25) is 11.6 Å². The Balaban J connectivity index is 1.31. The highest BCUT2D eigenvalue weighted by Crippen LogP contribution is 2.61. The number of aromatic nitrogens is 4. The van der Waals surface area contributed by atoms with E-state index >= 15 is 0 Å². The molecule has 0 fully saturated rings. The van der Waals surface area contributed by atoms with Gasteiger partial charge in [-0.15, -0.1) is 11.3 Å². The minimum Gasteiger partial charge on any atom is -0.219 e. The molecule has 9 rings (SSSR count). The van der Waals surface area contributed by atoms with Crippen molar-refractivity contribution < 1.29 is 0 Å². The quantitative estimate of drug-likeness (QED) is 0.159. The van der Waals surface area contributed by atoms with E-state index in [2.05, 4.69) is 44.2 Å². The van der Waals surface area contributed by atoms with Crippen LogP contribution in [0.15, 0.2) is 96.1 Å². The number of benzene rings is 4. The summed E-state index contributed by atoms with van der Waals surface area (Å²) in [5, 5.41) is 61.7. The van der Waals surface area contributed by atoms with Crippen molar-refractivity contribution in [3.63, 3.8) is 0 Å². The zero-order valence-electron chi connectivity index (χ0n) is 27.0. The summed E-state index contributed by atoms with van der Waals surface area (Å²) in [6.45, 7) is 0. The first kappa shape index (κ1) is 30.7. The average molecular weight is 691 g/mol. The summed E-state index contributed by atoms with van der Waals surface area (Å²) in [7, 11) is 0. The molecule has 7 aromatic rings. The van der Waals surface area contributed by atoms with Crippen LogP contribution in [0.1, 0.15) is 32.5 Å². The van der Waals surface area contributed by atoms with Crippen LogP contribution in [0.2, 0.25) is 0 Å². The minimum atomic E-state index is -0.0850. The fourth-order valence-corrected chi connectivity index (χ4v) is 8.70. The highest BCUT2D eigenvalue weighted by Gasteiger charge is 2.40. The van der Waals surface area contributed by atoms with Crippen LogP contribution < -0.4 is 0 Å². The van der Waals surface area contributed by atoms with Crippen LogP contribution >= 0.6 is 11.3 Å². The normalized spacial score (nSPS) is 11.6. The Kier molecular flexibility index (Phi) is 6.75. The van der Waals surface area contributed by atoms with Gasteiger partial charge in [-0.1, -0.05) is 60.7 Å². The lowest BCUT2D eigenvalue weighted by Crippen LogP contribution is -1.96. The number of fused-ring (bicyclic) bond motifs is 9. The van der Waals surface area contributed by atoms with Gasteiger partial charge in [0.1, 0.15) is 47.6 Å². The molecule has 0 radical (unpaired) electrons. The number of allylic oxidation sites excluding steroid dienone is 2. The first-order valence-corrected chi connectivity index (χ1v) is 16.7. The van der Waals surface area contributed by atoms with Gasteiger partial charge in [0.15, 0.2) is 0 Å². The monoisotopic (exact) mass is 690 g/mol. The van der Waals surface area contributed by atoms with E-state index < -0.39 is 0 Å². The van der Waals surface area contributed by atoms with Gasteiger partial charge in [-0.2, -0.15) is 31.6 Å². The molecule has 0 unspecified atom stereocenters. The third-order valence-electron chi connectivity index (χ3n) is 9.38. The minimum absolute atomic E-state index is 0.0153. The molecule has 0 saturated heterocycles. The second-order valence-electron chi connectivity index (χ2n) is 12.0. The fraction of sp³-hybridized carbons (Fsp3) is 0. The van der Waals surface area contributed by atoms with E-state index in [1.165, 1.54) is 11.3 Å². The molecule has 11 heteroatoms. The lowest BCUT2D eigenvalue weighted by Gasteiger charge is -2.11. The molecule has 2 aliphatic carbocycles. The molecule has 4 aromatic carbocycles. The van der Waals surface area contributed by atoms with Gasteiger partial charge in [0.25, 0.3) is 0 Å². The number of hydrogen-bond donors (Lipinski definition) is 0. The number of hydrogen-bond acceptors (Lipinski definition) is 11. The van der Waals surface area contributed by atoms with Crippen LogP contribution in [0.4, 0.5) is 0 Å². The summed E-state index contributed by atoms with van der Waals surface area (Å²) >= 11 is 1.32. The zero-order chi connectivity index (χ0) is 36.4. The van der Waals surface area contributed by atoms with Crippen LogP contribution in [0.3, 0.4) is 0 Å². The second kappa shape index (κ2) is 11.6. The molecule has 0 N–H and O–H groups in total. The molecule has 0 aliphatic heterocycles. The maximum Gasteiger partial charge on any atom is 0.233 e. The smallest absolute Gasteiger partial charge is 0.219 e. The number of rotatable bonds is 2. The fourth-order valence-electron chi connectivity index (χ4n) is 7.24. The average Bonchev–Trinajstić information content (AvgIpc) is 3.83. The maximum atomic E-state index is 10.2. The van der Waals surface area contributed by atoms with Crippen molar-refractivity contribution in [3.05, 3.63) is 129 Å². The van der Waals surface area contributed by atoms with E-state index in [0.29, 0.717) is 65.6 Å². The summed E-state index contributed by atoms with van der Waals surface area (Å²) in [5.74, 6) is 0.0306. The van der Waals surface area contributed by atoms with Gasteiger partial charge in [0, 0.05) is 53.9 Å². The second-order valence-corrected chi connectivity index (χ2v) is 13.0. The number of thiophene rings is 1. The Morgan fingerprint density at radius 2 is 0.887 bits per heavy atom. The predicted molar refractivity (Wildman–Crippen MR) is 196 cm³/mol. The van der Waals surface area contributed by atoms with E-state index in [1.807, 2.05) is 97.1 Å². The molecular formula is C42H14N10S. The van der Waals surface area contributed by atoms with E-state index in [4.69, 9.17) is 0 Å². The Labute approximate surface area is 304 Å². The van der Waals surface area contributed by atoms with Gasteiger partial charge in [-0.05, 0) is 46.5 Å². The first-order chi connectivity index (χ1) is 26.0. The Morgan fingerprint density at radius 1 is 0.472 bits per heavy atom. The topological polar surface area (TPSA) is 194 Å². The molecule has 3 heterocycles. The summed E-state index contributed by atoms with van der Waals surface area (Å²) in [6, 6.07) is 38.5. The van der Waals surface area contributed by atoms with Crippen LogP contribution in [-0.2, 0) is 0 Å². The highest BCUT2D eigenvalue weighted by atomic mass is 32.1. The van der Waals surface area contributed by atoms with Crippen molar-refractivity contribution in [2.75, 3.05) is 0 Å². The number of nitrogens with zero attached hydrogens (tertiary/aromatic N) is 10. The molecule has 238 valence electrons. The summed E-state index contributed by atoms with van der Waals surface area (Å²) < 4.78 is 0. The van der Waals surface area contributed by atoms with Gasteiger partial charge < -0.3 is 0 Å². The standard InChI is InChI=1S/C42H14N10S/c43-15-23(16-44)35-29-13-21(39-27-5-1-3-7-31(27)49-33(19-47)51-39)9-11-25(29)37-38-26-12-10-22(40-28-6-2-4-8-32(28)50-34(20-48)52-40)14-30(26)36(24(17-45)18-46)42(38)53-41(35)37/h1-14H. The van der Waals surface area contributed by atoms with Crippen molar-refractivity contribution in [2.24, 2.45) is 0 Å². The molecule has 10 nitrogen and oxygen atoms in total. The van der Waals surface area contributed by atoms with Gasteiger partial charge in [-0.25, -0.2) is 19.9 Å². The lowest BCUT2D eigenvalue weighted by molar-refractivity contribution is 1.16. The van der Waals surface area contributed by atoms with E-state index in [9.17, 15) is 31.6 Å². The summed E-state index contributed by atoms with van der Waals surface area (Å²) in [4.78, 5) is 19.2. The summed E-state index contributed by atoms with van der Waals surface area (Å²) in [6.07, 6.45) is 0. The molecule has 0 saturated carbocycles. The Morgan fingerprint density at radius 3 is 1.28 bits per heavy atom. The first-order valence-electron chi connectivity index (χ1n) is 15.9. The van der Waals surface area contributed by atoms with Crippen molar-refractivity contribution in [1.82, 2.24) is 19.9 Å². The van der Waals surface area contributed by atoms with Crippen LogP contribution in [0, 0.1) is 68.0 Å². The van der Waals surface area contributed by atoms with Crippen LogP contribution in [-0.4, -0.2) is 19.9 Å². The SMILES string of the molecule is N#CC(C#N)=C1c2cc(-c3nc(C#N)nc4ccccc34)ccc2-c2c1sc1c2-c2ccc(-c3nc(C#N)nc4ccccc34)cc2C1=C(C#N)C#N. The lowest BCUT2D eigenvalue weighted by atomic mass is 9.94. The molecule has 0 bridgehead atoms. The van der Waals surface area contributed by atoms with Gasteiger partial charge in [0.05, 0.1) is 22.4 Å². The molecule has 0 amide bonds. The number of nitriles is 6. The van der Waals surface area contributed by atoms with Crippen molar-refractivity contribution in [2.45, 2.75) is 0 Å². The molecule has 0 atom stereocenters. The van der Waals surface area contributed by atoms with Crippen molar-refractivity contribution >= 4 is 44.3 Å². The van der Waals surface area contributed by atoms with Crippen molar-refractivity contribution in [3.8, 4) is 81.2 Å². The Hall–Kier alpha value is -8.32. The van der Waals surface area contributed by atoms with Crippen LogP contribution in [0.25, 0.3) is 77.7 Å². The van der Waals surface area contributed by atoms with Crippen molar-refractivity contribution in [1.29, 1.82) is 31.6 Å². The third-order valence-corrected chi connectivity index (χ3v) is 10.6. The molecule has 2 aliphatic rings. The molecule has 53 heavy (non-hydrogen) atoms. The Bertz CT molecular complexity index is 2950. The zero-order valence-corrected chi connectivity index (χ0v) is 27.8. The maximum absolute atomic E-state index is 10.2. The van der Waals surface area contributed by atoms with E-state index in [0.717, 1.165) is 33.0 Å². The van der Waals surface area contributed by atoms with E-state index in [1.54, 1.807) is 0 Å². The largest absolute Gasteiger partial charge is 0.233 e. The van der Waals surface area contributed by atoms with Gasteiger partial charge >= 0.3 is 0 Å². The van der Waals surface area contributed by atoms with E-state index in [-0.39, 0.29) is 22.8 Å². The molecule has 0 spiro atoms. The third kappa shape index (κ3) is 4.38. The molecular weight excluding hydrogens is 677 g/mol. The number of para-hydroxylation sites is 2. The predicted octanol–water partition coefficient (Wildman–Crippen LogP) is 8.37. The van der Waals surface area contributed by atoms with Gasteiger partial charge in [-0.3, -0.25) is 0 Å².